The number of ether oxygens (including phenoxy) is 1. The van der Waals surface area contributed by atoms with Crippen molar-refractivity contribution in [1.29, 1.82) is 0 Å². The molecule has 270 valence electrons. The number of nitrogens with one attached hydrogen (secondary N) is 2. The molecule has 2 aromatic carbocycles. The summed E-state index contributed by atoms with van der Waals surface area (Å²) in [6, 6.07) is 15.7. The Morgan fingerprint density at radius 3 is 2.52 bits per heavy atom. The molecule has 3 amide bonds. The van der Waals surface area contributed by atoms with Crippen molar-refractivity contribution in [3.05, 3.63) is 113 Å². The second-order valence-electron chi connectivity index (χ2n) is 13.5. The van der Waals surface area contributed by atoms with Crippen LogP contribution in [0.25, 0.3) is 5.69 Å². The lowest BCUT2D eigenvalue weighted by Crippen LogP contribution is -2.68. The molecule has 4 aromatic rings. The van der Waals surface area contributed by atoms with Gasteiger partial charge in [0.1, 0.15) is 17.6 Å². The predicted octanol–water partition coefficient (Wildman–Crippen LogP) is 3.87. The van der Waals surface area contributed by atoms with E-state index in [2.05, 4.69) is 37.2 Å². The van der Waals surface area contributed by atoms with Crippen LogP contribution in [0.3, 0.4) is 0 Å². The van der Waals surface area contributed by atoms with Crippen molar-refractivity contribution in [1.82, 2.24) is 35.3 Å². The number of aromatic nitrogens is 4. The maximum absolute atomic E-state index is 14.3. The summed E-state index contributed by atoms with van der Waals surface area (Å²) in [4.78, 5) is 51.9. The summed E-state index contributed by atoms with van der Waals surface area (Å²) < 4.78 is 47.3. The number of halogens is 3. The maximum Gasteiger partial charge on any atom is 0.433 e. The van der Waals surface area contributed by atoms with Crippen LogP contribution in [-0.2, 0) is 27.0 Å². The van der Waals surface area contributed by atoms with Crippen LogP contribution in [0.2, 0.25) is 0 Å². The van der Waals surface area contributed by atoms with Crippen molar-refractivity contribution < 1.29 is 32.3 Å². The molecule has 1 spiro atoms. The minimum Gasteiger partial charge on any atom is -0.380 e. The Kier molecular flexibility index (Phi) is 9.17. The molecule has 52 heavy (non-hydrogen) atoms. The normalized spacial score (nSPS) is 20.0. The molecule has 2 saturated heterocycles. The third-order valence-corrected chi connectivity index (χ3v) is 9.98. The number of hydrogen-bond donors (Lipinski definition) is 2. The Balaban J connectivity index is 1.18. The van der Waals surface area contributed by atoms with Gasteiger partial charge in [0.15, 0.2) is 0 Å². The minimum absolute atomic E-state index is 0.142. The van der Waals surface area contributed by atoms with Gasteiger partial charge >= 0.3 is 6.18 Å². The zero-order valence-corrected chi connectivity index (χ0v) is 28.6. The van der Waals surface area contributed by atoms with Crippen molar-refractivity contribution in [2.75, 3.05) is 37.7 Å². The Bertz CT molecular complexity index is 2020. The topological polar surface area (TPSA) is 135 Å². The standard InChI is InChI=1S/C37H37F3N8O4/c1-4-47-34-27(17-43-48(34)26-11-6-5-7-12-26)29(30(35(47)51)45-33(50)31-41-14-13-28(44-31)37(38,39)40)25-10-8-9-24(15-25)16-42-32(49)22(2)23(3)46-18-36(19-46)20-52-21-36/h5-15,17,23,29-30H,2,4,16,18-21H2,1,3H3,(H,42,49)(H,45,50). The van der Waals surface area contributed by atoms with Crippen LogP contribution in [0.5, 0.6) is 0 Å². The molecule has 3 aliphatic rings. The number of nitrogens with zero attached hydrogens (tertiary/aromatic N) is 6. The number of likely N-dealkylation sites (tertiary alicyclic amines) is 1. The van der Waals surface area contributed by atoms with E-state index in [1.807, 2.05) is 49.4 Å². The summed E-state index contributed by atoms with van der Waals surface area (Å²) >= 11 is 0. The summed E-state index contributed by atoms with van der Waals surface area (Å²) in [5.74, 6) is -2.88. The van der Waals surface area contributed by atoms with E-state index >= 15 is 0 Å². The van der Waals surface area contributed by atoms with Gasteiger partial charge in [0.2, 0.25) is 11.7 Å². The largest absolute Gasteiger partial charge is 0.433 e. The van der Waals surface area contributed by atoms with Gasteiger partial charge in [-0.2, -0.15) is 18.3 Å². The van der Waals surface area contributed by atoms with E-state index in [0.717, 1.165) is 38.1 Å². The molecule has 2 fully saturated rings. The first kappa shape index (κ1) is 35.0. The van der Waals surface area contributed by atoms with Gasteiger partial charge in [0.05, 0.1) is 25.1 Å². The third kappa shape index (κ3) is 6.45. The number of benzene rings is 2. The SMILES string of the molecule is C=C(C(=O)NCc1cccc(C2c3cnn(-c4ccccc4)c3N(CC)C(=O)C2NC(=O)c2nccc(C(F)(F)F)n2)c1)C(C)N1CC2(COC2)C1. The van der Waals surface area contributed by atoms with E-state index in [9.17, 15) is 27.6 Å². The van der Waals surface area contributed by atoms with E-state index in [-0.39, 0.29) is 30.5 Å². The monoisotopic (exact) mass is 714 g/mol. The van der Waals surface area contributed by atoms with Crippen LogP contribution in [0, 0.1) is 5.41 Å². The first-order valence-corrected chi connectivity index (χ1v) is 16.9. The van der Waals surface area contributed by atoms with E-state index in [1.54, 1.807) is 29.9 Å². The molecule has 2 aromatic heterocycles. The molecule has 7 rings (SSSR count). The number of anilines is 1. The molecule has 3 aliphatic heterocycles. The van der Waals surface area contributed by atoms with Gasteiger partial charge in [0.25, 0.3) is 11.8 Å². The number of amides is 3. The predicted molar refractivity (Wildman–Crippen MR) is 183 cm³/mol. The lowest BCUT2D eigenvalue weighted by molar-refractivity contribution is -0.194. The van der Waals surface area contributed by atoms with Gasteiger partial charge in [-0.3, -0.25) is 24.2 Å². The molecule has 5 heterocycles. The number of likely N-dealkylation sites (N-methyl/N-ethyl adjacent to an activating group) is 1. The van der Waals surface area contributed by atoms with E-state index in [1.165, 1.54) is 4.90 Å². The molecule has 0 bridgehead atoms. The smallest absolute Gasteiger partial charge is 0.380 e. The molecular formula is C37H37F3N8O4. The highest BCUT2D eigenvalue weighted by Crippen LogP contribution is 2.42. The zero-order valence-electron chi connectivity index (χ0n) is 28.6. The van der Waals surface area contributed by atoms with Crippen LogP contribution in [0.15, 0.2) is 85.2 Å². The van der Waals surface area contributed by atoms with E-state index in [0.29, 0.717) is 34.3 Å². The fourth-order valence-corrected chi connectivity index (χ4v) is 7.12. The number of rotatable bonds is 10. The second kappa shape index (κ2) is 13.6. The fourth-order valence-electron chi connectivity index (χ4n) is 7.12. The minimum atomic E-state index is -4.80. The molecule has 2 N–H and O–H groups in total. The van der Waals surface area contributed by atoms with Crippen molar-refractivity contribution >= 4 is 23.5 Å². The van der Waals surface area contributed by atoms with Crippen LogP contribution in [-0.4, -0.2) is 87.3 Å². The van der Waals surface area contributed by atoms with Crippen molar-refractivity contribution in [2.24, 2.45) is 5.41 Å². The van der Waals surface area contributed by atoms with Gasteiger partial charge in [-0.25, -0.2) is 14.6 Å². The molecule has 0 aliphatic carbocycles. The average molecular weight is 715 g/mol. The van der Waals surface area contributed by atoms with Gasteiger partial charge in [-0.15, -0.1) is 0 Å². The lowest BCUT2D eigenvalue weighted by Gasteiger charge is -2.57. The van der Waals surface area contributed by atoms with Crippen molar-refractivity contribution in [3.8, 4) is 5.69 Å². The first-order valence-electron chi connectivity index (χ1n) is 16.9. The van der Waals surface area contributed by atoms with Crippen LogP contribution >= 0.6 is 0 Å². The molecule has 0 radical (unpaired) electrons. The van der Waals surface area contributed by atoms with E-state index < -0.39 is 41.5 Å². The second-order valence-corrected chi connectivity index (χ2v) is 13.5. The van der Waals surface area contributed by atoms with Gasteiger partial charge in [-0.05, 0) is 43.2 Å². The third-order valence-electron chi connectivity index (χ3n) is 9.98. The summed E-state index contributed by atoms with van der Waals surface area (Å²) in [5.41, 5.74) is 2.00. The molecule has 3 unspecified atom stereocenters. The molecular weight excluding hydrogens is 677 g/mol. The molecule has 0 saturated carbocycles. The molecule has 15 heteroatoms. The zero-order chi connectivity index (χ0) is 36.8. The Morgan fingerprint density at radius 2 is 1.85 bits per heavy atom. The van der Waals surface area contributed by atoms with Crippen molar-refractivity contribution in [3.63, 3.8) is 0 Å². The number of alkyl halides is 3. The molecule has 3 atom stereocenters. The number of carbonyl (C=O) groups excluding carboxylic acids is 3. The quantitative estimate of drug-likeness (QED) is 0.237. The van der Waals surface area contributed by atoms with Crippen LogP contribution in [0.1, 0.15) is 52.8 Å². The summed E-state index contributed by atoms with van der Waals surface area (Å²) in [6.45, 7) is 11.4. The van der Waals surface area contributed by atoms with Crippen LogP contribution in [0.4, 0.5) is 19.0 Å². The first-order chi connectivity index (χ1) is 24.9. The number of carbonyl (C=O) groups is 3. The summed E-state index contributed by atoms with van der Waals surface area (Å²) in [5, 5.41) is 10.2. The molecule has 12 nitrogen and oxygen atoms in total. The number of para-hydroxylation sites is 1. The Labute approximate surface area is 297 Å². The van der Waals surface area contributed by atoms with E-state index in [4.69, 9.17) is 4.74 Å². The van der Waals surface area contributed by atoms with Gasteiger partial charge < -0.3 is 15.4 Å². The maximum atomic E-state index is 14.3. The summed E-state index contributed by atoms with van der Waals surface area (Å²) in [7, 11) is 0. The lowest BCUT2D eigenvalue weighted by atomic mass is 9.76. The highest BCUT2D eigenvalue weighted by Gasteiger charge is 2.50. The number of fused-ring (bicyclic) bond motifs is 1. The van der Waals surface area contributed by atoms with Gasteiger partial charge in [0, 0.05) is 60.9 Å². The highest BCUT2D eigenvalue weighted by molar-refractivity contribution is 6.04. The van der Waals surface area contributed by atoms with Crippen LogP contribution < -0.4 is 15.5 Å². The average Bonchev–Trinajstić information content (AvgIpc) is 3.54. The summed E-state index contributed by atoms with van der Waals surface area (Å²) in [6.07, 6.45) is -2.33. The fraction of sp³-hybridized carbons (Fsp3) is 0.351. The Hall–Kier alpha value is -5.41. The van der Waals surface area contributed by atoms with Crippen molar-refractivity contribution in [2.45, 2.75) is 44.6 Å². The van der Waals surface area contributed by atoms with Gasteiger partial charge in [-0.1, -0.05) is 49.0 Å². The Morgan fingerprint density at radius 1 is 1.10 bits per heavy atom. The highest BCUT2D eigenvalue weighted by atomic mass is 19.4. The number of hydrogen-bond acceptors (Lipinski definition) is 8.